The molecule has 0 spiro atoms. The molecule has 3 atom stereocenters. The Bertz CT molecular complexity index is 1010. The van der Waals surface area contributed by atoms with Crippen LogP contribution in [-0.4, -0.2) is 41.8 Å². The third-order valence-electron chi connectivity index (χ3n) is 6.71. The number of unbranched alkanes of at least 4 members (excludes halogenated alkanes) is 1. The van der Waals surface area contributed by atoms with Gasteiger partial charge in [0.1, 0.15) is 12.6 Å². The molecule has 3 N–H and O–H groups in total. The van der Waals surface area contributed by atoms with Crippen LogP contribution in [0.1, 0.15) is 64.0 Å². The first kappa shape index (κ1) is 26.3. The van der Waals surface area contributed by atoms with Crippen molar-refractivity contribution in [3.63, 3.8) is 0 Å². The third-order valence-corrected chi connectivity index (χ3v) is 6.71. The number of aliphatic carboxylic acids is 1. The largest absolute Gasteiger partial charge is 0.480 e. The molecule has 0 heterocycles. The lowest BCUT2D eigenvalue weighted by atomic mass is 9.88. The van der Waals surface area contributed by atoms with Gasteiger partial charge in [-0.05, 0) is 41.5 Å². The van der Waals surface area contributed by atoms with Crippen LogP contribution in [0.3, 0.4) is 0 Å². The summed E-state index contributed by atoms with van der Waals surface area (Å²) in [7, 11) is 0. The number of alkyl carbamates (subject to hydrolysis) is 1. The highest BCUT2D eigenvalue weighted by Crippen LogP contribution is 2.44. The van der Waals surface area contributed by atoms with Crippen LogP contribution in [0.5, 0.6) is 0 Å². The van der Waals surface area contributed by atoms with Crippen LogP contribution >= 0.6 is 0 Å². The Labute approximate surface area is 207 Å². The number of hydrogen-bond acceptors (Lipinski definition) is 4. The van der Waals surface area contributed by atoms with Crippen LogP contribution in [0, 0.1) is 11.8 Å². The van der Waals surface area contributed by atoms with Crippen LogP contribution in [0.25, 0.3) is 11.1 Å². The van der Waals surface area contributed by atoms with Crippen LogP contribution in [0.4, 0.5) is 4.79 Å². The smallest absolute Gasteiger partial charge is 0.407 e. The van der Waals surface area contributed by atoms with Gasteiger partial charge in [0.05, 0.1) is 5.92 Å². The highest BCUT2D eigenvalue weighted by molar-refractivity contribution is 5.86. The molecule has 1 aliphatic rings. The molecule has 35 heavy (non-hydrogen) atoms. The van der Waals surface area contributed by atoms with Gasteiger partial charge >= 0.3 is 12.1 Å². The number of hydrogen-bond donors (Lipinski definition) is 3. The van der Waals surface area contributed by atoms with Crippen molar-refractivity contribution in [2.24, 2.45) is 11.8 Å². The van der Waals surface area contributed by atoms with Crippen LogP contribution < -0.4 is 10.6 Å². The SMILES string of the molecule is CCCCC(NC(=O)C(C(C)C)C(C)NC(=O)OCC1c2ccccc2-c2ccccc21)C(=O)O. The van der Waals surface area contributed by atoms with E-state index in [2.05, 4.69) is 34.9 Å². The summed E-state index contributed by atoms with van der Waals surface area (Å²) in [6.07, 6.45) is 1.32. The lowest BCUT2D eigenvalue weighted by molar-refractivity contribution is -0.143. The molecule has 0 aromatic heterocycles. The second-order valence-corrected chi connectivity index (χ2v) is 9.57. The average Bonchev–Trinajstić information content (AvgIpc) is 3.13. The molecule has 0 saturated heterocycles. The summed E-state index contributed by atoms with van der Waals surface area (Å²) in [5.41, 5.74) is 4.55. The van der Waals surface area contributed by atoms with E-state index in [-0.39, 0.29) is 24.3 Å². The Balaban J connectivity index is 1.62. The first-order valence-electron chi connectivity index (χ1n) is 12.4. The first-order chi connectivity index (χ1) is 16.7. The number of carboxylic acids is 1. The van der Waals surface area contributed by atoms with E-state index in [1.807, 2.05) is 45.0 Å². The molecule has 7 heteroatoms. The maximum Gasteiger partial charge on any atom is 0.407 e. The number of rotatable bonds is 11. The van der Waals surface area contributed by atoms with E-state index in [0.29, 0.717) is 12.8 Å². The maximum atomic E-state index is 13.0. The predicted octanol–water partition coefficient (Wildman–Crippen LogP) is 4.95. The molecular weight excluding hydrogens is 444 g/mol. The van der Waals surface area contributed by atoms with Crippen molar-refractivity contribution in [3.8, 4) is 11.1 Å². The second-order valence-electron chi connectivity index (χ2n) is 9.57. The van der Waals surface area contributed by atoms with Crippen molar-refractivity contribution < 1.29 is 24.2 Å². The predicted molar refractivity (Wildman–Crippen MR) is 135 cm³/mol. The molecule has 0 aliphatic heterocycles. The normalized spacial score (nSPS) is 15.0. The van der Waals surface area contributed by atoms with Gasteiger partial charge in [-0.2, -0.15) is 0 Å². The minimum absolute atomic E-state index is 0.0532. The summed E-state index contributed by atoms with van der Waals surface area (Å²) in [5.74, 6) is -2.19. The number of fused-ring (bicyclic) bond motifs is 3. The number of amides is 2. The highest BCUT2D eigenvalue weighted by Gasteiger charge is 2.33. The van der Waals surface area contributed by atoms with E-state index < -0.39 is 30.1 Å². The van der Waals surface area contributed by atoms with E-state index in [1.165, 1.54) is 0 Å². The molecule has 3 rings (SSSR count). The standard InChI is InChI=1S/C28H36N2O5/c1-5-6-15-24(27(32)33)30-26(31)25(17(2)3)18(4)29-28(34)35-16-23-21-13-9-7-11-19(21)20-12-8-10-14-22(20)23/h7-14,17-18,23-25H,5-6,15-16H2,1-4H3,(H,29,34)(H,30,31)(H,32,33). The van der Waals surface area contributed by atoms with E-state index in [4.69, 9.17) is 4.74 Å². The molecule has 2 aromatic carbocycles. The molecule has 188 valence electrons. The highest BCUT2D eigenvalue weighted by atomic mass is 16.5. The Morgan fingerprint density at radius 2 is 1.51 bits per heavy atom. The summed E-state index contributed by atoms with van der Waals surface area (Å²) in [4.78, 5) is 37.2. The third kappa shape index (κ3) is 6.21. The van der Waals surface area contributed by atoms with Gasteiger partial charge in [-0.25, -0.2) is 9.59 Å². The summed E-state index contributed by atoms with van der Waals surface area (Å²) >= 11 is 0. The summed E-state index contributed by atoms with van der Waals surface area (Å²) in [6, 6.07) is 14.8. The van der Waals surface area contributed by atoms with Crippen LogP contribution in [0.15, 0.2) is 48.5 Å². The van der Waals surface area contributed by atoms with Crippen molar-refractivity contribution in [2.75, 3.05) is 6.61 Å². The molecule has 0 radical (unpaired) electrons. The average molecular weight is 481 g/mol. The number of benzene rings is 2. The number of ether oxygens (including phenoxy) is 1. The molecule has 0 saturated carbocycles. The molecular formula is C28H36N2O5. The molecule has 2 amide bonds. The fourth-order valence-electron chi connectivity index (χ4n) is 4.96. The topological polar surface area (TPSA) is 105 Å². The molecule has 0 bridgehead atoms. The lowest BCUT2D eigenvalue weighted by Crippen LogP contribution is -2.51. The van der Waals surface area contributed by atoms with Gasteiger partial charge in [-0.3, -0.25) is 4.79 Å². The fraction of sp³-hybridized carbons (Fsp3) is 0.464. The van der Waals surface area contributed by atoms with Crippen LogP contribution in [0.2, 0.25) is 0 Å². The minimum Gasteiger partial charge on any atom is -0.480 e. The van der Waals surface area contributed by atoms with Gasteiger partial charge in [-0.1, -0.05) is 82.1 Å². The minimum atomic E-state index is -1.05. The Morgan fingerprint density at radius 3 is 2.03 bits per heavy atom. The van der Waals surface area contributed by atoms with E-state index in [1.54, 1.807) is 6.92 Å². The lowest BCUT2D eigenvalue weighted by Gasteiger charge is -2.28. The van der Waals surface area contributed by atoms with Crippen molar-refractivity contribution in [1.29, 1.82) is 0 Å². The van der Waals surface area contributed by atoms with Gasteiger partial charge in [0.2, 0.25) is 5.91 Å². The van der Waals surface area contributed by atoms with Crippen molar-refractivity contribution in [2.45, 2.75) is 65.0 Å². The maximum absolute atomic E-state index is 13.0. The summed E-state index contributed by atoms with van der Waals surface area (Å²) in [6.45, 7) is 7.65. The number of carbonyl (C=O) groups is 3. The van der Waals surface area contributed by atoms with E-state index in [0.717, 1.165) is 28.7 Å². The Morgan fingerprint density at radius 1 is 0.943 bits per heavy atom. The summed E-state index contributed by atoms with van der Waals surface area (Å²) < 4.78 is 5.62. The zero-order chi connectivity index (χ0) is 25.5. The van der Waals surface area contributed by atoms with Crippen molar-refractivity contribution in [3.05, 3.63) is 59.7 Å². The van der Waals surface area contributed by atoms with Gasteiger partial charge in [-0.15, -0.1) is 0 Å². The van der Waals surface area contributed by atoms with Gasteiger partial charge in [0.25, 0.3) is 0 Å². The van der Waals surface area contributed by atoms with E-state index in [9.17, 15) is 19.5 Å². The molecule has 0 fully saturated rings. The van der Waals surface area contributed by atoms with Crippen molar-refractivity contribution >= 4 is 18.0 Å². The zero-order valence-electron chi connectivity index (χ0n) is 20.9. The second kappa shape index (κ2) is 11.9. The molecule has 1 aliphatic carbocycles. The zero-order valence-corrected chi connectivity index (χ0v) is 20.9. The Kier molecular flexibility index (Phi) is 8.90. The first-order valence-corrected chi connectivity index (χ1v) is 12.4. The monoisotopic (exact) mass is 480 g/mol. The van der Waals surface area contributed by atoms with Gasteiger partial charge in [0.15, 0.2) is 0 Å². The molecule has 7 nitrogen and oxygen atoms in total. The van der Waals surface area contributed by atoms with Gasteiger partial charge < -0.3 is 20.5 Å². The number of nitrogens with one attached hydrogen (secondary N) is 2. The fourth-order valence-corrected chi connectivity index (χ4v) is 4.96. The molecule has 2 aromatic rings. The number of carboxylic acid groups (broad SMARTS) is 1. The quantitative estimate of drug-likeness (QED) is 0.422. The van der Waals surface area contributed by atoms with Crippen molar-refractivity contribution in [1.82, 2.24) is 10.6 Å². The van der Waals surface area contributed by atoms with Crippen LogP contribution in [-0.2, 0) is 14.3 Å². The Hall–Kier alpha value is -3.35. The van der Waals surface area contributed by atoms with Gasteiger partial charge in [0, 0.05) is 12.0 Å². The van der Waals surface area contributed by atoms with E-state index >= 15 is 0 Å². The number of carbonyl (C=O) groups excluding carboxylic acids is 2. The summed E-state index contributed by atoms with van der Waals surface area (Å²) in [5, 5.41) is 14.9. The molecule has 3 unspecified atom stereocenters.